The number of amides is 2. The van der Waals surface area contributed by atoms with Crippen molar-refractivity contribution < 1.29 is 14.3 Å². The summed E-state index contributed by atoms with van der Waals surface area (Å²) >= 11 is 0. The van der Waals surface area contributed by atoms with Crippen LogP contribution in [-0.2, 0) is 14.9 Å². The first-order valence-electron chi connectivity index (χ1n) is 11.7. The van der Waals surface area contributed by atoms with Gasteiger partial charge in [0.2, 0.25) is 5.91 Å². The van der Waals surface area contributed by atoms with E-state index in [1.165, 1.54) is 5.56 Å². The van der Waals surface area contributed by atoms with Crippen molar-refractivity contribution in [3.05, 3.63) is 35.4 Å². The highest BCUT2D eigenvalue weighted by Crippen LogP contribution is 2.22. The van der Waals surface area contributed by atoms with E-state index in [1.54, 1.807) is 0 Å². The zero-order chi connectivity index (χ0) is 22.9. The molecular weight excluding hydrogens is 390 g/mol. The van der Waals surface area contributed by atoms with Crippen LogP contribution < -0.4 is 10.6 Å². The van der Waals surface area contributed by atoms with Crippen LogP contribution in [0.1, 0.15) is 69.8 Å². The monoisotopic (exact) mass is 431 g/mol. The Morgan fingerprint density at radius 1 is 1.03 bits per heavy atom. The molecule has 1 atom stereocenters. The van der Waals surface area contributed by atoms with Crippen molar-refractivity contribution in [2.75, 3.05) is 39.4 Å². The summed E-state index contributed by atoms with van der Waals surface area (Å²) in [6.07, 6.45) is 2.47. The number of hydrogen-bond acceptors (Lipinski definition) is 4. The van der Waals surface area contributed by atoms with E-state index in [2.05, 4.69) is 50.2 Å². The van der Waals surface area contributed by atoms with Gasteiger partial charge in [-0.1, -0.05) is 59.6 Å². The third-order valence-corrected chi connectivity index (χ3v) is 6.27. The van der Waals surface area contributed by atoms with Gasteiger partial charge in [0.05, 0.1) is 13.2 Å². The van der Waals surface area contributed by atoms with Crippen LogP contribution in [0, 0.1) is 5.92 Å². The molecule has 31 heavy (non-hydrogen) atoms. The number of ether oxygens (including phenoxy) is 1. The fourth-order valence-corrected chi connectivity index (χ4v) is 4.16. The molecule has 2 amide bonds. The first-order chi connectivity index (χ1) is 14.8. The van der Waals surface area contributed by atoms with Gasteiger partial charge in [0.15, 0.2) is 0 Å². The minimum absolute atomic E-state index is 0.0207. The topological polar surface area (TPSA) is 70.7 Å². The molecule has 2 N–H and O–H groups in total. The van der Waals surface area contributed by atoms with Crippen molar-refractivity contribution in [1.82, 2.24) is 15.5 Å². The molecule has 0 aromatic heterocycles. The molecule has 0 radical (unpaired) electrons. The van der Waals surface area contributed by atoms with Crippen molar-refractivity contribution >= 4 is 11.8 Å². The second-order valence-corrected chi connectivity index (χ2v) is 9.43. The molecule has 1 aliphatic rings. The number of rotatable bonds is 10. The molecule has 0 bridgehead atoms. The van der Waals surface area contributed by atoms with Crippen LogP contribution in [0.2, 0.25) is 0 Å². The second-order valence-electron chi connectivity index (χ2n) is 9.43. The lowest BCUT2D eigenvalue weighted by molar-refractivity contribution is -0.121. The SMILES string of the molecule is CCC(CC)C(CNC(=O)CCNC(=O)c1ccc(C(C)(C)C)cc1)N1CCOCC1. The first kappa shape index (κ1) is 25.3. The number of carbonyl (C=O) groups excluding carboxylic acids is 2. The van der Waals surface area contributed by atoms with E-state index < -0.39 is 0 Å². The van der Waals surface area contributed by atoms with E-state index in [0.29, 0.717) is 30.6 Å². The Morgan fingerprint density at radius 2 is 1.65 bits per heavy atom. The lowest BCUT2D eigenvalue weighted by atomic mass is 9.87. The Kier molecular flexibility index (Phi) is 9.97. The summed E-state index contributed by atoms with van der Waals surface area (Å²) in [7, 11) is 0. The van der Waals surface area contributed by atoms with Gasteiger partial charge in [-0.25, -0.2) is 0 Å². The molecule has 1 unspecified atom stereocenters. The Hall–Kier alpha value is -1.92. The summed E-state index contributed by atoms with van der Waals surface area (Å²) in [6, 6.07) is 8.01. The third kappa shape index (κ3) is 7.93. The maximum atomic E-state index is 12.4. The van der Waals surface area contributed by atoms with E-state index in [1.807, 2.05) is 24.3 Å². The van der Waals surface area contributed by atoms with E-state index in [-0.39, 0.29) is 23.7 Å². The highest BCUT2D eigenvalue weighted by Gasteiger charge is 2.27. The lowest BCUT2D eigenvalue weighted by Crippen LogP contribution is -2.52. The van der Waals surface area contributed by atoms with Gasteiger partial charge in [-0.2, -0.15) is 0 Å². The van der Waals surface area contributed by atoms with Gasteiger partial charge in [-0.3, -0.25) is 14.5 Å². The molecule has 1 aromatic rings. The van der Waals surface area contributed by atoms with Crippen LogP contribution in [0.3, 0.4) is 0 Å². The molecule has 174 valence electrons. The van der Waals surface area contributed by atoms with Crippen molar-refractivity contribution in [2.24, 2.45) is 5.92 Å². The minimum Gasteiger partial charge on any atom is -0.379 e. The Labute approximate surface area is 188 Å². The van der Waals surface area contributed by atoms with Crippen molar-refractivity contribution in [3.63, 3.8) is 0 Å². The molecule has 1 heterocycles. The standard InChI is InChI=1S/C25H41N3O3/c1-6-19(7-2)22(28-14-16-31-17-15-28)18-27-23(29)12-13-26-24(30)20-8-10-21(11-9-20)25(3,4)5/h8-11,19,22H,6-7,12-18H2,1-5H3,(H,26,30)(H,27,29). The molecule has 6 heteroatoms. The molecule has 0 spiro atoms. The largest absolute Gasteiger partial charge is 0.379 e. The number of nitrogens with zero attached hydrogens (tertiary/aromatic N) is 1. The Bertz CT molecular complexity index is 687. The van der Waals surface area contributed by atoms with Crippen LogP contribution in [0.5, 0.6) is 0 Å². The van der Waals surface area contributed by atoms with E-state index >= 15 is 0 Å². The average Bonchev–Trinajstić information content (AvgIpc) is 2.76. The fourth-order valence-electron chi connectivity index (χ4n) is 4.16. The number of hydrogen-bond donors (Lipinski definition) is 2. The van der Waals surface area contributed by atoms with Gasteiger partial charge >= 0.3 is 0 Å². The van der Waals surface area contributed by atoms with Gasteiger partial charge in [0.1, 0.15) is 0 Å². The Morgan fingerprint density at radius 3 is 2.19 bits per heavy atom. The number of carbonyl (C=O) groups is 2. The van der Waals surface area contributed by atoms with Crippen molar-refractivity contribution in [3.8, 4) is 0 Å². The van der Waals surface area contributed by atoms with Gasteiger partial charge in [-0.05, 0) is 29.0 Å². The molecule has 1 aliphatic heterocycles. The summed E-state index contributed by atoms with van der Waals surface area (Å²) in [5, 5.41) is 5.95. The third-order valence-electron chi connectivity index (χ3n) is 6.27. The van der Waals surface area contributed by atoms with Gasteiger partial charge in [0, 0.05) is 44.2 Å². The zero-order valence-electron chi connectivity index (χ0n) is 20.0. The van der Waals surface area contributed by atoms with Crippen LogP contribution in [0.15, 0.2) is 24.3 Å². The predicted molar refractivity (Wildman–Crippen MR) is 125 cm³/mol. The quantitative estimate of drug-likeness (QED) is 0.596. The normalized spacial score (nSPS) is 16.2. The highest BCUT2D eigenvalue weighted by atomic mass is 16.5. The summed E-state index contributed by atoms with van der Waals surface area (Å²) in [5.74, 6) is 0.387. The van der Waals surface area contributed by atoms with Crippen LogP contribution in [0.25, 0.3) is 0 Å². The van der Waals surface area contributed by atoms with Gasteiger partial charge in [0.25, 0.3) is 5.91 Å². The molecule has 0 aliphatic carbocycles. The number of benzene rings is 1. The lowest BCUT2D eigenvalue weighted by Gasteiger charge is -2.38. The van der Waals surface area contributed by atoms with E-state index in [4.69, 9.17) is 4.74 Å². The highest BCUT2D eigenvalue weighted by molar-refractivity contribution is 5.94. The summed E-state index contributed by atoms with van der Waals surface area (Å²) in [4.78, 5) is 27.2. The van der Waals surface area contributed by atoms with Crippen LogP contribution >= 0.6 is 0 Å². The van der Waals surface area contributed by atoms with Gasteiger partial charge < -0.3 is 15.4 Å². The first-order valence-corrected chi connectivity index (χ1v) is 11.7. The molecule has 1 aromatic carbocycles. The second kappa shape index (κ2) is 12.2. The van der Waals surface area contributed by atoms with Crippen LogP contribution in [0.4, 0.5) is 0 Å². The molecular formula is C25H41N3O3. The average molecular weight is 432 g/mol. The Balaban J connectivity index is 1.78. The maximum absolute atomic E-state index is 12.4. The number of nitrogens with one attached hydrogen (secondary N) is 2. The summed E-state index contributed by atoms with van der Waals surface area (Å²) < 4.78 is 5.49. The minimum atomic E-state index is -0.142. The molecule has 0 saturated carbocycles. The molecule has 1 fully saturated rings. The van der Waals surface area contributed by atoms with Gasteiger partial charge in [-0.15, -0.1) is 0 Å². The maximum Gasteiger partial charge on any atom is 0.251 e. The van der Waals surface area contributed by atoms with E-state index in [9.17, 15) is 9.59 Å². The van der Waals surface area contributed by atoms with Crippen molar-refractivity contribution in [2.45, 2.75) is 65.3 Å². The number of morpholine rings is 1. The molecule has 6 nitrogen and oxygen atoms in total. The molecule has 1 saturated heterocycles. The zero-order valence-corrected chi connectivity index (χ0v) is 20.0. The fraction of sp³-hybridized carbons (Fsp3) is 0.680. The van der Waals surface area contributed by atoms with Crippen LogP contribution in [-0.4, -0.2) is 62.1 Å². The predicted octanol–water partition coefficient (Wildman–Crippen LogP) is 3.36. The van der Waals surface area contributed by atoms with E-state index in [0.717, 1.165) is 39.1 Å². The summed E-state index contributed by atoms with van der Waals surface area (Å²) in [6.45, 7) is 15.2. The van der Waals surface area contributed by atoms with Crippen molar-refractivity contribution in [1.29, 1.82) is 0 Å². The summed E-state index contributed by atoms with van der Waals surface area (Å²) in [5.41, 5.74) is 1.87. The smallest absolute Gasteiger partial charge is 0.251 e. The molecule has 2 rings (SSSR count).